The van der Waals surface area contributed by atoms with Crippen molar-refractivity contribution in [2.24, 2.45) is 0 Å². The van der Waals surface area contributed by atoms with Gasteiger partial charge >= 0.3 is 6.85 Å². The minimum absolute atomic E-state index is 0.0313. The second-order valence-electron chi connectivity index (χ2n) is 16.1. The molecule has 0 saturated heterocycles. The quantitative estimate of drug-likeness (QED) is 0.164. The molecule has 3 aliphatic heterocycles. The van der Waals surface area contributed by atoms with Crippen molar-refractivity contribution >= 4 is 99.5 Å². The lowest BCUT2D eigenvalue weighted by Crippen LogP contribution is -2.60. The van der Waals surface area contributed by atoms with E-state index in [-0.39, 0.29) is 12.3 Å². The Morgan fingerprint density at radius 1 is 0.500 bits per heavy atom. The van der Waals surface area contributed by atoms with Crippen LogP contribution in [0, 0.1) is 0 Å². The smallest absolute Gasteiger partial charge is 0.333 e. The van der Waals surface area contributed by atoms with Crippen LogP contribution in [0.15, 0.2) is 170 Å². The molecule has 0 bridgehead atoms. The highest BCUT2D eigenvalue weighted by Crippen LogP contribution is 2.56. The maximum atomic E-state index is 2.63. The highest BCUT2D eigenvalue weighted by Gasteiger charge is 2.46. The van der Waals surface area contributed by atoms with Gasteiger partial charge in [0.2, 0.25) is 0 Å². The van der Waals surface area contributed by atoms with Crippen LogP contribution in [0.4, 0.5) is 28.4 Å². The van der Waals surface area contributed by atoms with Gasteiger partial charge in [0, 0.05) is 59.0 Å². The third-order valence-electron chi connectivity index (χ3n) is 12.9. The number of benzene rings is 8. The average molecular weight is 732 g/mol. The van der Waals surface area contributed by atoms with Crippen LogP contribution in [-0.2, 0) is 5.41 Å². The summed E-state index contributed by atoms with van der Waals surface area (Å²) < 4.78 is 5.22. The van der Waals surface area contributed by atoms with Gasteiger partial charge in [0.05, 0.1) is 28.1 Å². The van der Waals surface area contributed by atoms with E-state index in [0.717, 1.165) is 0 Å². The van der Waals surface area contributed by atoms with Gasteiger partial charge < -0.3 is 14.3 Å². The molecule has 13 rings (SSSR count). The molecule has 262 valence electrons. The van der Waals surface area contributed by atoms with E-state index in [0.29, 0.717) is 0 Å². The van der Waals surface area contributed by atoms with Gasteiger partial charge in [0.15, 0.2) is 0 Å². The number of fused-ring (bicyclic) bond motifs is 13. The van der Waals surface area contributed by atoms with E-state index < -0.39 is 0 Å². The van der Waals surface area contributed by atoms with Crippen LogP contribution >= 0.6 is 11.3 Å². The van der Waals surface area contributed by atoms with Crippen molar-refractivity contribution in [3.63, 3.8) is 0 Å². The molecule has 0 N–H and O–H groups in total. The van der Waals surface area contributed by atoms with Crippen LogP contribution in [0.3, 0.4) is 0 Å². The van der Waals surface area contributed by atoms with Crippen molar-refractivity contribution in [1.82, 2.24) is 4.57 Å². The van der Waals surface area contributed by atoms with Crippen molar-refractivity contribution in [2.45, 2.75) is 19.3 Å². The van der Waals surface area contributed by atoms with Crippen molar-refractivity contribution < 1.29 is 0 Å². The van der Waals surface area contributed by atoms with Gasteiger partial charge in [-0.2, -0.15) is 0 Å². The Labute approximate surface area is 329 Å². The number of aromatic nitrogens is 1. The van der Waals surface area contributed by atoms with E-state index >= 15 is 0 Å². The van der Waals surface area contributed by atoms with Crippen molar-refractivity contribution in [1.29, 1.82) is 0 Å². The van der Waals surface area contributed by atoms with Crippen LogP contribution in [0.5, 0.6) is 0 Å². The first-order chi connectivity index (χ1) is 27.6. The molecule has 5 heterocycles. The van der Waals surface area contributed by atoms with E-state index in [1.165, 1.54) is 109 Å². The Morgan fingerprint density at radius 3 is 1.93 bits per heavy atom. The fourth-order valence-corrected chi connectivity index (χ4v) is 11.7. The summed E-state index contributed by atoms with van der Waals surface area (Å²) in [5.41, 5.74) is 17.7. The van der Waals surface area contributed by atoms with Gasteiger partial charge in [-0.1, -0.05) is 123 Å². The van der Waals surface area contributed by atoms with Gasteiger partial charge in [0.1, 0.15) is 0 Å². The number of thiophene rings is 1. The molecule has 0 saturated carbocycles. The summed E-state index contributed by atoms with van der Waals surface area (Å²) >= 11 is 1.90. The highest BCUT2D eigenvalue weighted by molar-refractivity contribution is 7.25. The van der Waals surface area contributed by atoms with Crippen LogP contribution in [-0.4, -0.2) is 11.4 Å². The minimum Gasteiger partial charge on any atom is -0.376 e. The second-order valence-corrected chi connectivity index (χ2v) is 17.1. The number of rotatable bonds is 2. The van der Waals surface area contributed by atoms with Crippen molar-refractivity contribution in [2.75, 3.05) is 9.71 Å². The maximum Gasteiger partial charge on any atom is 0.333 e. The second kappa shape index (κ2) is 10.8. The van der Waals surface area contributed by atoms with Crippen LogP contribution < -0.4 is 20.6 Å². The summed E-state index contributed by atoms with van der Waals surface area (Å²) in [7, 11) is 0. The predicted molar refractivity (Wildman–Crippen MR) is 240 cm³/mol. The number of para-hydroxylation sites is 5. The molecule has 0 radical (unpaired) electrons. The van der Waals surface area contributed by atoms with Crippen LogP contribution in [0.2, 0.25) is 0 Å². The average Bonchev–Trinajstić information content (AvgIpc) is 3.79. The van der Waals surface area contributed by atoms with E-state index in [1.807, 2.05) is 11.3 Å². The van der Waals surface area contributed by atoms with E-state index in [2.05, 4.69) is 198 Å². The molecule has 10 aromatic rings. The zero-order valence-electron chi connectivity index (χ0n) is 31.0. The summed E-state index contributed by atoms with van der Waals surface area (Å²) in [6, 6.07) is 63.8. The lowest BCUT2D eigenvalue weighted by Gasteiger charge is -2.44. The highest BCUT2D eigenvalue weighted by atomic mass is 32.1. The maximum absolute atomic E-state index is 2.63. The molecule has 0 aliphatic carbocycles. The third kappa shape index (κ3) is 3.78. The summed E-state index contributed by atoms with van der Waals surface area (Å²) in [5, 5.41) is 5.20. The van der Waals surface area contributed by atoms with Gasteiger partial charge in [-0.15, -0.1) is 11.3 Å². The van der Waals surface area contributed by atoms with Crippen LogP contribution in [0.1, 0.15) is 25.0 Å². The normalized spacial score (nSPS) is 14.6. The first-order valence-electron chi connectivity index (χ1n) is 19.6. The Hall–Kier alpha value is -6.56. The Balaban J connectivity index is 1.25. The van der Waals surface area contributed by atoms with Gasteiger partial charge in [0.25, 0.3) is 0 Å². The molecular formula is C51H34BN3S. The molecular weight excluding hydrogens is 697 g/mol. The molecule has 0 spiro atoms. The minimum atomic E-state index is -0.158. The number of anilines is 5. The summed E-state index contributed by atoms with van der Waals surface area (Å²) in [5.74, 6) is 0. The van der Waals surface area contributed by atoms with E-state index in [9.17, 15) is 0 Å². The Kier molecular flexibility index (Phi) is 5.93. The lowest BCUT2D eigenvalue weighted by atomic mass is 9.44. The molecule has 0 amide bonds. The monoisotopic (exact) mass is 731 g/mol. The molecule has 3 nitrogen and oxygen atoms in total. The zero-order valence-corrected chi connectivity index (χ0v) is 31.8. The fourth-order valence-electron chi connectivity index (χ4n) is 10.6. The predicted octanol–water partition coefficient (Wildman–Crippen LogP) is 12.5. The molecule has 3 aliphatic rings. The molecule has 2 aromatic heterocycles. The molecule has 8 aromatic carbocycles. The lowest BCUT2D eigenvalue weighted by molar-refractivity contribution is 0.632. The molecule has 5 heteroatoms. The molecule has 0 unspecified atom stereocenters. The first kappa shape index (κ1) is 30.7. The first-order valence-corrected chi connectivity index (χ1v) is 20.4. The standard InChI is InChI=1S/C51H34BN3S/c1-51(2)37-20-8-12-24-41(37)53(42-25-13-9-21-38(42)51)45-29-36-34-28-35-32-18-7-15-27-46(32)56-47(35)30-44(34)55(31-16-4-3-5-17-31)52-39-22-10-14-26-43(39)54-40-23-11-6-19-33(40)48(45)50(54)49(36)52/h3-30H,1-2H3. The van der Waals surface area contributed by atoms with Crippen LogP contribution in [0.25, 0.3) is 58.8 Å². The topological polar surface area (TPSA) is 11.4 Å². The fraction of sp³-hybridized carbons (Fsp3) is 0.0588. The van der Waals surface area contributed by atoms with Gasteiger partial charge in [-0.3, -0.25) is 0 Å². The van der Waals surface area contributed by atoms with Crippen molar-refractivity contribution in [3.8, 4) is 16.8 Å². The molecule has 0 fully saturated rings. The molecule has 0 atom stereocenters. The number of hydrogen-bond donors (Lipinski definition) is 0. The number of hydrogen-bond acceptors (Lipinski definition) is 3. The summed E-state index contributed by atoms with van der Waals surface area (Å²) in [6.45, 7) is 4.72. The Bertz CT molecular complexity index is 3270. The SMILES string of the molecule is CC1(C)c2ccccc2N(c2cc3c4c5c2c2ccccc2n5-c2ccccc2B4N(c2ccccc2)c2cc4sc5ccccc5c4cc2-3)c2ccccc21. The van der Waals surface area contributed by atoms with Gasteiger partial charge in [-0.05, 0) is 88.3 Å². The van der Waals surface area contributed by atoms with Gasteiger partial charge in [-0.25, -0.2) is 0 Å². The summed E-state index contributed by atoms with van der Waals surface area (Å²) in [4.78, 5) is 5.22. The Morgan fingerprint density at radius 2 is 1.14 bits per heavy atom. The largest absolute Gasteiger partial charge is 0.376 e. The zero-order chi connectivity index (χ0) is 36.9. The van der Waals surface area contributed by atoms with E-state index in [1.54, 1.807) is 0 Å². The van der Waals surface area contributed by atoms with Crippen molar-refractivity contribution in [3.05, 3.63) is 181 Å². The van der Waals surface area contributed by atoms with E-state index in [4.69, 9.17) is 0 Å². The number of nitrogens with zero attached hydrogens (tertiary/aromatic N) is 3. The summed E-state index contributed by atoms with van der Waals surface area (Å²) in [6.07, 6.45) is 0. The third-order valence-corrected chi connectivity index (χ3v) is 14.1. The molecule has 56 heavy (non-hydrogen) atoms.